The first kappa shape index (κ1) is 18.9. The first-order valence-electron chi connectivity index (χ1n) is 9.12. The third-order valence-electron chi connectivity index (χ3n) is 5.94. The van der Waals surface area contributed by atoms with Gasteiger partial charge in [0.2, 0.25) is 23.3 Å². The standard InChI is InChI=1S/C19H21ClN4O4/c1-18(2,3)24-15(26)13-11(7-12(21)25)23-19(14(13)16(24)27)9-6-8(20)4-5-10(9)22-17(19)28/h4-6,11,13-14,23H,7H2,1-3H3,(H2,21,25)(H,22,28)/p+1/t11-,13-,14+,19-/m1/s1. The number of primary amides is 1. The molecule has 1 aromatic rings. The van der Waals surface area contributed by atoms with Crippen molar-refractivity contribution < 1.29 is 24.5 Å². The summed E-state index contributed by atoms with van der Waals surface area (Å²) in [6.45, 7) is 5.30. The van der Waals surface area contributed by atoms with Crippen LogP contribution in [0.5, 0.6) is 0 Å². The minimum Gasteiger partial charge on any atom is -0.369 e. The number of halogens is 1. The van der Waals surface area contributed by atoms with E-state index in [9.17, 15) is 19.2 Å². The maximum Gasteiger partial charge on any atom is 0.291 e. The second kappa shape index (κ2) is 5.78. The van der Waals surface area contributed by atoms with Gasteiger partial charge in [-0.05, 0) is 39.0 Å². The van der Waals surface area contributed by atoms with Gasteiger partial charge in [-0.1, -0.05) is 11.6 Å². The predicted molar refractivity (Wildman–Crippen MR) is 99.9 cm³/mol. The van der Waals surface area contributed by atoms with Crippen LogP contribution in [0.1, 0.15) is 32.8 Å². The fourth-order valence-electron chi connectivity index (χ4n) is 5.02. The highest BCUT2D eigenvalue weighted by Crippen LogP contribution is 2.50. The summed E-state index contributed by atoms with van der Waals surface area (Å²) < 4.78 is 0. The Morgan fingerprint density at radius 2 is 1.96 bits per heavy atom. The molecule has 28 heavy (non-hydrogen) atoms. The Morgan fingerprint density at radius 3 is 2.57 bits per heavy atom. The van der Waals surface area contributed by atoms with Crippen LogP contribution in [-0.2, 0) is 24.7 Å². The topological polar surface area (TPSA) is 126 Å². The van der Waals surface area contributed by atoms with E-state index in [-0.39, 0.29) is 18.2 Å². The number of quaternary nitrogens is 1. The molecule has 148 valence electrons. The highest BCUT2D eigenvalue weighted by atomic mass is 35.5. The van der Waals surface area contributed by atoms with Gasteiger partial charge in [-0.25, -0.2) is 0 Å². The van der Waals surface area contributed by atoms with E-state index in [0.29, 0.717) is 16.3 Å². The molecule has 9 heteroatoms. The van der Waals surface area contributed by atoms with Crippen molar-refractivity contribution in [2.45, 2.75) is 44.3 Å². The van der Waals surface area contributed by atoms with Gasteiger partial charge in [-0.15, -0.1) is 0 Å². The van der Waals surface area contributed by atoms with Crippen LogP contribution in [0, 0.1) is 11.8 Å². The number of nitrogens with two attached hydrogens (primary N) is 2. The molecule has 1 spiro atoms. The van der Waals surface area contributed by atoms with E-state index in [1.165, 1.54) is 4.90 Å². The number of amides is 4. The molecular formula is C19H22ClN4O4+. The zero-order valence-corrected chi connectivity index (χ0v) is 16.5. The Hall–Kier alpha value is -2.45. The number of carbonyl (C=O) groups is 4. The van der Waals surface area contributed by atoms with Gasteiger partial charge in [0.25, 0.3) is 5.91 Å². The number of hydrogen-bond acceptors (Lipinski definition) is 4. The van der Waals surface area contributed by atoms with Gasteiger partial charge >= 0.3 is 0 Å². The molecule has 0 unspecified atom stereocenters. The molecule has 0 bridgehead atoms. The Bertz CT molecular complexity index is 940. The minimum atomic E-state index is -1.35. The monoisotopic (exact) mass is 405 g/mol. The van der Waals surface area contributed by atoms with Crippen molar-refractivity contribution in [2.75, 3.05) is 5.32 Å². The Labute approximate surface area is 166 Å². The van der Waals surface area contributed by atoms with E-state index >= 15 is 0 Å². The number of fused-ring (bicyclic) bond motifs is 4. The van der Waals surface area contributed by atoms with Crippen LogP contribution >= 0.6 is 11.6 Å². The van der Waals surface area contributed by atoms with Crippen molar-refractivity contribution >= 4 is 40.9 Å². The van der Waals surface area contributed by atoms with Gasteiger partial charge in [0.05, 0.1) is 12.1 Å². The first-order chi connectivity index (χ1) is 13.0. The molecule has 0 aliphatic carbocycles. The van der Waals surface area contributed by atoms with Crippen molar-refractivity contribution in [3.05, 3.63) is 28.8 Å². The normalized spacial score (nSPS) is 31.4. The fraction of sp³-hybridized carbons (Fsp3) is 0.474. The van der Waals surface area contributed by atoms with Crippen LogP contribution in [0.2, 0.25) is 5.02 Å². The number of benzene rings is 1. The molecule has 0 aromatic heterocycles. The number of nitrogens with one attached hydrogen (secondary N) is 1. The van der Waals surface area contributed by atoms with Gasteiger partial charge < -0.3 is 16.4 Å². The first-order valence-corrected chi connectivity index (χ1v) is 9.50. The number of likely N-dealkylation sites (tertiary alicyclic amines) is 1. The molecule has 0 saturated carbocycles. The van der Waals surface area contributed by atoms with Gasteiger partial charge in [-0.3, -0.25) is 24.1 Å². The number of carbonyl (C=O) groups excluding carboxylic acids is 4. The maximum atomic E-state index is 13.4. The lowest BCUT2D eigenvalue weighted by Crippen LogP contribution is -2.99. The van der Waals surface area contributed by atoms with Gasteiger partial charge in [0, 0.05) is 16.1 Å². The van der Waals surface area contributed by atoms with Crippen LogP contribution < -0.4 is 16.4 Å². The third kappa shape index (κ3) is 2.34. The van der Waals surface area contributed by atoms with E-state index < -0.39 is 40.8 Å². The average Bonchev–Trinajstić information content (AvgIpc) is 3.12. The highest BCUT2D eigenvalue weighted by Gasteiger charge is 2.75. The minimum absolute atomic E-state index is 0.108. The van der Waals surface area contributed by atoms with Crippen LogP contribution in [0.25, 0.3) is 0 Å². The summed E-state index contributed by atoms with van der Waals surface area (Å²) in [5.74, 6) is -3.49. The summed E-state index contributed by atoms with van der Waals surface area (Å²) in [6, 6.07) is 4.36. The van der Waals surface area contributed by atoms with Crippen LogP contribution in [-0.4, -0.2) is 40.1 Å². The second-order valence-corrected chi connectivity index (χ2v) is 9.14. The van der Waals surface area contributed by atoms with Crippen molar-refractivity contribution in [2.24, 2.45) is 17.6 Å². The summed E-state index contributed by atoms with van der Waals surface area (Å²) in [6.07, 6.45) is -0.108. The average molecular weight is 406 g/mol. The lowest BCUT2D eigenvalue weighted by atomic mass is 9.76. The zero-order chi connectivity index (χ0) is 20.6. The lowest BCUT2D eigenvalue weighted by Gasteiger charge is -2.33. The molecule has 3 heterocycles. The Morgan fingerprint density at radius 1 is 1.29 bits per heavy atom. The molecule has 3 aliphatic rings. The summed E-state index contributed by atoms with van der Waals surface area (Å²) in [4.78, 5) is 52.7. The maximum absolute atomic E-state index is 13.4. The quantitative estimate of drug-likeness (QED) is 0.584. The van der Waals surface area contributed by atoms with Crippen LogP contribution in [0.3, 0.4) is 0 Å². The molecule has 3 aliphatic heterocycles. The van der Waals surface area contributed by atoms with E-state index in [0.717, 1.165) is 0 Å². The van der Waals surface area contributed by atoms with Crippen molar-refractivity contribution in [3.8, 4) is 0 Å². The highest BCUT2D eigenvalue weighted by molar-refractivity contribution is 6.31. The molecule has 4 rings (SSSR count). The van der Waals surface area contributed by atoms with E-state index in [1.807, 2.05) is 0 Å². The third-order valence-corrected chi connectivity index (χ3v) is 6.17. The van der Waals surface area contributed by atoms with Crippen LogP contribution in [0.15, 0.2) is 18.2 Å². The molecule has 8 nitrogen and oxygen atoms in total. The van der Waals surface area contributed by atoms with Crippen molar-refractivity contribution in [3.63, 3.8) is 0 Å². The van der Waals surface area contributed by atoms with Crippen molar-refractivity contribution in [1.29, 1.82) is 0 Å². The molecule has 5 N–H and O–H groups in total. The van der Waals surface area contributed by atoms with Gasteiger partial charge in [-0.2, -0.15) is 0 Å². The lowest BCUT2D eigenvalue weighted by molar-refractivity contribution is -0.732. The number of nitrogens with zero attached hydrogens (tertiary/aromatic N) is 1. The SMILES string of the molecule is CC(C)(C)N1C(=O)[C@H]2[C@@H](C1=O)[C@@]1([NH2+][C@@H]2CC(N)=O)C(=O)Nc2ccc(Cl)cc21. The summed E-state index contributed by atoms with van der Waals surface area (Å²) >= 11 is 6.17. The molecule has 2 saturated heterocycles. The smallest absolute Gasteiger partial charge is 0.291 e. The van der Waals surface area contributed by atoms with Gasteiger partial charge in [0.1, 0.15) is 17.9 Å². The predicted octanol–water partition coefficient (Wildman–Crippen LogP) is -0.292. The van der Waals surface area contributed by atoms with E-state index in [1.54, 1.807) is 44.3 Å². The molecular weight excluding hydrogens is 384 g/mol. The zero-order valence-electron chi connectivity index (χ0n) is 15.8. The molecule has 4 atom stereocenters. The molecule has 1 aromatic carbocycles. The van der Waals surface area contributed by atoms with E-state index in [4.69, 9.17) is 17.3 Å². The number of imide groups is 1. The molecule has 0 radical (unpaired) electrons. The van der Waals surface area contributed by atoms with Crippen molar-refractivity contribution in [1.82, 2.24) is 4.90 Å². The van der Waals surface area contributed by atoms with Gasteiger partial charge in [0.15, 0.2) is 0 Å². The number of rotatable bonds is 2. The second-order valence-electron chi connectivity index (χ2n) is 8.70. The summed E-state index contributed by atoms with van der Waals surface area (Å²) in [5.41, 5.74) is 4.42. The fourth-order valence-corrected chi connectivity index (χ4v) is 5.19. The largest absolute Gasteiger partial charge is 0.369 e. The number of anilines is 1. The molecule has 4 amide bonds. The Kier molecular flexibility index (Phi) is 3.90. The summed E-state index contributed by atoms with van der Waals surface area (Å²) in [7, 11) is 0. The Balaban J connectivity index is 1.92. The number of hydrogen-bond donors (Lipinski definition) is 3. The molecule has 2 fully saturated rings. The summed E-state index contributed by atoms with van der Waals surface area (Å²) in [5, 5.41) is 4.89. The van der Waals surface area contributed by atoms with E-state index in [2.05, 4.69) is 5.32 Å². The van der Waals surface area contributed by atoms with Crippen LogP contribution in [0.4, 0.5) is 5.69 Å².